The Kier molecular flexibility index (Phi) is 6.71. The molecule has 2 nitrogen and oxygen atoms in total. The highest BCUT2D eigenvalue weighted by molar-refractivity contribution is 5.41. The molecule has 0 amide bonds. The molecule has 1 rings (SSSR count). The summed E-state index contributed by atoms with van der Waals surface area (Å²) in [6, 6.07) is 9.63. The summed E-state index contributed by atoms with van der Waals surface area (Å²) in [4.78, 5) is 0. The van der Waals surface area contributed by atoms with Crippen LogP contribution in [0.4, 0.5) is 0 Å². The third-order valence-electron chi connectivity index (χ3n) is 3.09. The van der Waals surface area contributed by atoms with Gasteiger partial charge in [-0.3, -0.25) is 0 Å². The van der Waals surface area contributed by atoms with Crippen LogP contribution in [0.15, 0.2) is 79.4 Å². The van der Waals surface area contributed by atoms with Gasteiger partial charge in [0.1, 0.15) is 5.60 Å². The molecule has 1 aromatic carbocycles. The SMILES string of the molecule is C=C/C=C(\C=C/CNC)C(O)(CC=C)c1ccccc1. The molecule has 0 heterocycles. The zero-order valence-electron chi connectivity index (χ0n) is 12.0. The minimum atomic E-state index is -1.08. The van der Waals surface area contributed by atoms with Gasteiger partial charge in [-0.15, -0.1) is 6.58 Å². The van der Waals surface area contributed by atoms with Gasteiger partial charge in [-0.05, 0) is 18.2 Å². The lowest BCUT2D eigenvalue weighted by Gasteiger charge is -2.29. The monoisotopic (exact) mass is 269 g/mol. The molecule has 0 aliphatic carbocycles. The fourth-order valence-electron chi connectivity index (χ4n) is 2.09. The standard InChI is InChI=1S/C18H23NO/c1-4-10-16(13-9-15-19-3)18(20,14-5-2)17-11-7-6-8-12-17/h4-13,19-20H,1-2,14-15H2,3H3/b13-9-,16-10+. The summed E-state index contributed by atoms with van der Waals surface area (Å²) in [6.45, 7) is 8.24. The van der Waals surface area contributed by atoms with Crippen molar-refractivity contribution < 1.29 is 5.11 Å². The summed E-state index contributed by atoms with van der Waals surface area (Å²) in [7, 11) is 1.88. The van der Waals surface area contributed by atoms with Crippen LogP contribution >= 0.6 is 0 Å². The summed E-state index contributed by atoms with van der Waals surface area (Å²) in [5.74, 6) is 0. The predicted octanol–water partition coefficient (Wildman–Crippen LogP) is 3.34. The quantitative estimate of drug-likeness (QED) is 0.560. The van der Waals surface area contributed by atoms with Crippen LogP contribution in [-0.2, 0) is 5.60 Å². The van der Waals surface area contributed by atoms with E-state index < -0.39 is 5.60 Å². The van der Waals surface area contributed by atoms with Crippen LogP contribution in [0, 0.1) is 0 Å². The Labute approximate surface area is 121 Å². The lowest BCUT2D eigenvalue weighted by molar-refractivity contribution is 0.0834. The van der Waals surface area contributed by atoms with E-state index in [1.807, 2.05) is 55.6 Å². The number of hydrogen-bond donors (Lipinski definition) is 2. The van der Waals surface area contributed by atoms with Crippen molar-refractivity contribution in [2.45, 2.75) is 12.0 Å². The minimum Gasteiger partial charge on any atom is -0.380 e. The first-order valence-electron chi connectivity index (χ1n) is 6.72. The van der Waals surface area contributed by atoms with E-state index in [9.17, 15) is 5.11 Å². The van der Waals surface area contributed by atoms with Gasteiger partial charge in [0.15, 0.2) is 0 Å². The van der Waals surface area contributed by atoms with E-state index in [0.717, 1.165) is 17.7 Å². The van der Waals surface area contributed by atoms with E-state index in [1.54, 1.807) is 12.2 Å². The van der Waals surface area contributed by atoms with Gasteiger partial charge in [-0.25, -0.2) is 0 Å². The number of benzene rings is 1. The number of allylic oxidation sites excluding steroid dienone is 2. The van der Waals surface area contributed by atoms with Crippen molar-refractivity contribution in [3.8, 4) is 0 Å². The van der Waals surface area contributed by atoms with Crippen molar-refractivity contribution in [1.29, 1.82) is 0 Å². The summed E-state index contributed by atoms with van der Waals surface area (Å²) in [5, 5.41) is 14.2. The van der Waals surface area contributed by atoms with Crippen molar-refractivity contribution in [2.24, 2.45) is 0 Å². The van der Waals surface area contributed by atoms with Crippen LogP contribution in [0.1, 0.15) is 12.0 Å². The van der Waals surface area contributed by atoms with Crippen molar-refractivity contribution in [1.82, 2.24) is 5.32 Å². The van der Waals surface area contributed by atoms with Gasteiger partial charge in [0.2, 0.25) is 0 Å². The summed E-state index contributed by atoms with van der Waals surface area (Å²) >= 11 is 0. The first kappa shape index (κ1) is 16.2. The van der Waals surface area contributed by atoms with E-state index in [4.69, 9.17) is 0 Å². The molecule has 1 unspecified atom stereocenters. The maximum Gasteiger partial charge on any atom is 0.118 e. The molecule has 0 fully saturated rings. The largest absolute Gasteiger partial charge is 0.380 e. The van der Waals surface area contributed by atoms with Crippen LogP contribution in [-0.4, -0.2) is 18.7 Å². The van der Waals surface area contributed by atoms with Gasteiger partial charge >= 0.3 is 0 Å². The van der Waals surface area contributed by atoms with E-state index in [2.05, 4.69) is 18.5 Å². The third kappa shape index (κ3) is 4.05. The van der Waals surface area contributed by atoms with Gasteiger partial charge in [0.25, 0.3) is 0 Å². The van der Waals surface area contributed by atoms with Gasteiger partial charge in [0.05, 0.1) is 0 Å². The van der Waals surface area contributed by atoms with Crippen LogP contribution in [0.3, 0.4) is 0 Å². The zero-order chi connectivity index (χ0) is 14.8. The van der Waals surface area contributed by atoms with E-state index in [0.29, 0.717) is 6.42 Å². The third-order valence-corrected chi connectivity index (χ3v) is 3.09. The maximum atomic E-state index is 11.1. The number of hydrogen-bond acceptors (Lipinski definition) is 2. The Balaban J connectivity index is 3.23. The molecular formula is C18H23NO. The fourth-order valence-corrected chi connectivity index (χ4v) is 2.09. The molecule has 0 saturated carbocycles. The Hall–Kier alpha value is -1.90. The summed E-state index contributed by atoms with van der Waals surface area (Å²) in [6.07, 6.45) is 9.61. The molecule has 1 atom stereocenters. The first-order valence-corrected chi connectivity index (χ1v) is 6.72. The number of rotatable bonds is 8. The first-order chi connectivity index (χ1) is 9.69. The summed E-state index contributed by atoms with van der Waals surface area (Å²) in [5.41, 5.74) is 0.567. The van der Waals surface area contributed by atoms with E-state index in [1.165, 1.54) is 0 Å². The van der Waals surface area contributed by atoms with Crippen LogP contribution in [0.25, 0.3) is 0 Å². The fraction of sp³-hybridized carbons (Fsp3) is 0.222. The molecule has 0 saturated heterocycles. The molecular weight excluding hydrogens is 246 g/mol. The normalized spacial score (nSPS) is 15.0. The van der Waals surface area contributed by atoms with Crippen molar-refractivity contribution in [3.05, 3.63) is 85.0 Å². The van der Waals surface area contributed by atoms with Crippen LogP contribution in [0.2, 0.25) is 0 Å². The topological polar surface area (TPSA) is 32.3 Å². The molecule has 0 aliphatic heterocycles. The van der Waals surface area contributed by atoms with Gasteiger partial charge in [-0.1, -0.05) is 67.3 Å². The second kappa shape index (κ2) is 8.31. The van der Waals surface area contributed by atoms with Crippen molar-refractivity contribution in [3.63, 3.8) is 0 Å². The average Bonchev–Trinajstić information content (AvgIpc) is 2.47. The lowest BCUT2D eigenvalue weighted by Crippen LogP contribution is -2.27. The Morgan fingerprint density at radius 2 is 2.00 bits per heavy atom. The second-order valence-electron chi connectivity index (χ2n) is 4.54. The Morgan fingerprint density at radius 3 is 2.55 bits per heavy atom. The van der Waals surface area contributed by atoms with Gasteiger partial charge < -0.3 is 10.4 Å². The van der Waals surface area contributed by atoms with Crippen LogP contribution < -0.4 is 5.32 Å². The van der Waals surface area contributed by atoms with E-state index >= 15 is 0 Å². The molecule has 1 aromatic rings. The smallest absolute Gasteiger partial charge is 0.118 e. The predicted molar refractivity (Wildman–Crippen MR) is 86.5 cm³/mol. The molecule has 0 aliphatic rings. The zero-order valence-corrected chi connectivity index (χ0v) is 12.0. The lowest BCUT2D eigenvalue weighted by atomic mass is 9.82. The highest BCUT2D eigenvalue weighted by Crippen LogP contribution is 2.34. The highest BCUT2D eigenvalue weighted by atomic mass is 16.3. The van der Waals surface area contributed by atoms with Gasteiger partial charge in [-0.2, -0.15) is 0 Å². The summed E-state index contributed by atoms with van der Waals surface area (Å²) < 4.78 is 0. The molecule has 2 N–H and O–H groups in total. The molecule has 20 heavy (non-hydrogen) atoms. The Bertz CT molecular complexity index is 487. The number of nitrogens with one attached hydrogen (secondary N) is 1. The van der Waals surface area contributed by atoms with Crippen molar-refractivity contribution in [2.75, 3.05) is 13.6 Å². The van der Waals surface area contributed by atoms with Crippen LogP contribution in [0.5, 0.6) is 0 Å². The molecule has 0 aromatic heterocycles. The Morgan fingerprint density at radius 1 is 1.30 bits per heavy atom. The average molecular weight is 269 g/mol. The molecule has 0 bridgehead atoms. The second-order valence-corrected chi connectivity index (χ2v) is 4.54. The number of likely N-dealkylation sites (N-methyl/N-ethyl adjacent to an activating group) is 1. The van der Waals surface area contributed by atoms with Crippen molar-refractivity contribution >= 4 is 0 Å². The molecule has 0 radical (unpaired) electrons. The van der Waals surface area contributed by atoms with E-state index in [-0.39, 0.29) is 0 Å². The molecule has 106 valence electrons. The minimum absolute atomic E-state index is 0.445. The number of aliphatic hydroxyl groups is 1. The maximum absolute atomic E-state index is 11.1. The molecule has 2 heteroatoms. The molecule has 0 spiro atoms. The van der Waals surface area contributed by atoms with Gasteiger partial charge in [0, 0.05) is 13.0 Å². The highest BCUT2D eigenvalue weighted by Gasteiger charge is 2.30.